The van der Waals surface area contributed by atoms with Gasteiger partial charge >= 0.3 is 0 Å². The van der Waals surface area contributed by atoms with Gasteiger partial charge in [0.05, 0.1) is 18.6 Å². The zero-order chi connectivity index (χ0) is 23.0. The number of likely N-dealkylation sites (N-methyl/N-ethyl adjacent to an activating group) is 1. The highest BCUT2D eigenvalue weighted by molar-refractivity contribution is 6.32. The minimum absolute atomic E-state index is 0.0135. The number of methoxy groups -OCH3 is 3. The molecule has 172 valence electrons. The van der Waals surface area contributed by atoms with Crippen molar-refractivity contribution < 1.29 is 19.0 Å². The molecule has 0 heterocycles. The quantitative estimate of drug-likeness (QED) is 0.377. The Morgan fingerprint density at radius 2 is 1.84 bits per heavy atom. The van der Waals surface area contributed by atoms with Crippen molar-refractivity contribution in [3.8, 4) is 5.75 Å². The molecule has 0 aromatic heterocycles. The van der Waals surface area contributed by atoms with E-state index in [1.807, 2.05) is 30.2 Å². The van der Waals surface area contributed by atoms with Crippen LogP contribution in [-0.4, -0.2) is 75.0 Å². The van der Waals surface area contributed by atoms with Crippen LogP contribution < -0.4 is 4.74 Å². The summed E-state index contributed by atoms with van der Waals surface area (Å²) < 4.78 is 16.7. The maximum Gasteiger partial charge on any atom is 0.227 e. The molecule has 0 bridgehead atoms. The predicted octanol–water partition coefficient (Wildman–Crippen LogP) is 3.93. The molecule has 31 heavy (non-hydrogen) atoms. The maximum absolute atomic E-state index is 13.2. The molecule has 1 aliphatic carbocycles. The van der Waals surface area contributed by atoms with Gasteiger partial charge in [-0.2, -0.15) is 0 Å². The molecule has 1 saturated carbocycles. The second-order valence-corrected chi connectivity index (χ2v) is 8.29. The lowest BCUT2D eigenvalue weighted by Crippen LogP contribution is -2.59. The number of rotatable bonds is 11. The number of ether oxygens (including phenoxy) is 3. The van der Waals surface area contributed by atoms with E-state index in [2.05, 4.69) is 18.1 Å². The highest BCUT2D eigenvalue weighted by atomic mass is 35.5. The van der Waals surface area contributed by atoms with E-state index in [0.29, 0.717) is 36.7 Å². The van der Waals surface area contributed by atoms with E-state index in [1.165, 1.54) is 0 Å². The minimum atomic E-state index is -0.658. The summed E-state index contributed by atoms with van der Waals surface area (Å²) in [5.41, 5.74) is 0.854. The van der Waals surface area contributed by atoms with Gasteiger partial charge in [0, 0.05) is 59.3 Å². The molecule has 7 heteroatoms. The standard InChI is InChI=1S/C24H35ClN2O4/c1-7-13-27(14-8-2)21-17-24(30-5,31-6)12-11-20(21)26(3)23(28)16-18-9-10-22(29-4)19(25)15-18/h7-10,15,20-21H,1-2,11-14,16-17H2,3-6H3. The minimum Gasteiger partial charge on any atom is -0.495 e. The molecule has 1 aromatic carbocycles. The third-order valence-corrected chi connectivity index (χ3v) is 6.48. The summed E-state index contributed by atoms with van der Waals surface area (Å²) in [6.07, 6.45) is 6.14. The SMILES string of the molecule is C=CCN(CC=C)C1CC(OC)(OC)CCC1N(C)C(=O)Cc1ccc(OC)c(Cl)c1. The number of benzene rings is 1. The summed E-state index contributed by atoms with van der Waals surface area (Å²) in [5, 5.41) is 0.499. The van der Waals surface area contributed by atoms with E-state index in [-0.39, 0.29) is 24.4 Å². The Bertz CT molecular complexity index is 756. The van der Waals surface area contributed by atoms with Gasteiger partial charge in [-0.25, -0.2) is 0 Å². The van der Waals surface area contributed by atoms with Crippen molar-refractivity contribution in [2.75, 3.05) is 41.5 Å². The number of carbonyl (C=O) groups is 1. The summed E-state index contributed by atoms with van der Waals surface area (Å²) >= 11 is 6.24. The van der Waals surface area contributed by atoms with Crippen LogP contribution in [0.15, 0.2) is 43.5 Å². The van der Waals surface area contributed by atoms with Gasteiger partial charge in [0.15, 0.2) is 5.79 Å². The fourth-order valence-corrected chi connectivity index (χ4v) is 4.66. The van der Waals surface area contributed by atoms with E-state index >= 15 is 0 Å². The maximum atomic E-state index is 13.2. The van der Waals surface area contributed by atoms with E-state index in [4.69, 9.17) is 25.8 Å². The first-order valence-electron chi connectivity index (χ1n) is 10.5. The second kappa shape index (κ2) is 11.7. The number of hydrogen-bond donors (Lipinski definition) is 0. The molecule has 6 nitrogen and oxygen atoms in total. The number of carbonyl (C=O) groups excluding carboxylic acids is 1. The van der Waals surface area contributed by atoms with Crippen LogP contribution in [0.2, 0.25) is 5.02 Å². The lowest BCUT2D eigenvalue weighted by Gasteiger charge is -2.49. The molecule has 0 spiro atoms. The molecule has 1 aliphatic rings. The van der Waals surface area contributed by atoms with Crippen molar-refractivity contribution in [3.63, 3.8) is 0 Å². The lowest BCUT2D eigenvalue weighted by molar-refractivity contribution is -0.238. The highest BCUT2D eigenvalue weighted by Crippen LogP contribution is 2.37. The summed E-state index contributed by atoms with van der Waals surface area (Å²) in [4.78, 5) is 17.3. The van der Waals surface area contributed by atoms with Crippen LogP contribution in [0.1, 0.15) is 24.8 Å². The summed E-state index contributed by atoms with van der Waals surface area (Å²) in [5.74, 6) is -0.0240. The average molecular weight is 451 g/mol. The lowest BCUT2D eigenvalue weighted by atomic mass is 9.83. The van der Waals surface area contributed by atoms with Crippen LogP contribution >= 0.6 is 11.6 Å². The zero-order valence-corrected chi connectivity index (χ0v) is 19.9. The van der Waals surface area contributed by atoms with E-state index < -0.39 is 5.79 Å². The van der Waals surface area contributed by atoms with Crippen LogP contribution in [0.25, 0.3) is 0 Å². The molecule has 0 saturated heterocycles. The molecule has 2 rings (SSSR count). The van der Waals surface area contributed by atoms with Crippen molar-refractivity contribution >= 4 is 17.5 Å². The first-order chi connectivity index (χ1) is 14.8. The number of amides is 1. The largest absolute Gasteiger partial charge is 0.495 e. The molecular formula is C24H35ClN2O4. The van der Waals surface area contributed by atoms with Crippen molar-refractivity contribution in [1.29, 1.82) is 0 Å². The average Bonchev–Trinajstić information content (AvgIpc) is 2.78. The van der Waals surface area contributed by atoms with E-state index in [1.54, 1.807) is 33.5 Å². The summed E-state index contributed by atoms with van der Waals surface area (Å²) in [6, 6.07) is 5.50. The first-order valence-corrected chi connectivity index (χ1v) is 10.9. The molecule has 1 amide bonds. The van der Waals surface area contributed by atoms with E-state index in [0.717, 1.165) is 12.0 Å². The second-order valence-electron chi connectivity index (χ2n) is 7.88. The highest BCUT2D eigenvalue weighted by Gasteiger charge is 2.45. The Labute approximate surface area is 191 Å². The monoisotopic (exact) mass is 450 g/mol. The Hall–Kier alpha value is -1.86. The fourth-order valence-electron chi connectivity index (χ4n) is 4.38. The topological polar surface area (TPSA) is 51.2 Å². The molecule has 0 radical (unpaired) electrons. The van der Waals surface area contributed by atoms with Gasteiger partial charge in [-0.05, 0) is 24.1 Å². The molecule has 2 atom stereocenters. The van der Waals surface area contributed by atoms with Crippen molar-refractivity contribution in [1.82, 2.24) is 9.80 Å². The molecule has 0 aliphatic heterocycles. The van der Waals surface area contributed by atoms with Crippen LogP contribution in [0.5, 0.6) is 5.75 Å². The van der Waals surface area contributed by atoms with Crippen molar-refractivity contribution in [3.05, 3.63) is 54.1 Å². The van der Waals surface area contributed by atoms with Gasteiger partial charge < -0.3 is 19.1 Å². The van der Waals surface area contributed by atoms with Gasteiger partial charge in [-0.15, -0.1) is 13.2 Å². The molecular weight excluding hydrogens is 416 g/mol. The molecule has 1 aromatic rings. The number of halogens is 1. The molecule has 1 fully saturated rings. The third-order valence-electron chi connectivity index (χ3n) is 6.19. The predicted molar refractivity (Wildman–Crippen MR) is 125 cm³/mol. The molecule has 2 unspecified atom stereocenters. The fraction of sp³-hybridized carbons (Fsp3) is 0.542. The Morgan fingerprint density at radius 1 is 1.19 bits per heavy atom. The Balaban J connectivity index is 2.24. The van der Waals surface area contributed by atoms with Gasteiger partial charge in [-0.3, -0.25) is 9.69 Å². The third kappa shape index (κ3) is 6.10. The Kier molecular flexibility index (Phi) is 9.56. The summed E-state index contributed by atoms with van der Waals surface area (Å²) in [6.45, 7) is 9.17. The van der Waals surface area contributed by atoms with Gasteiger partial charge in [0.1, 0.15) is 5.75 Å². The van der Waals surface area contributed by atoms with Gasteiger partial charge in [0.25, 0.3) is 0 Å². The Morgan fingerprint density at radius 3 is 2.35 bits per heavy atom. The van der Waals surface area contributed by atoms with Crippen molar-refractivity contribution in [2.45, 2.75) is 43.6 Å². The van der Waals surface area contributed by atoms with Gasteiger partial charge in [-0.1, -0.05) is 29.8 Å². The van der Waals surface area contributed by atoms with Crippen LogP contribution in [0.3, 0.4) is 0 Å². The van der Waals surface area contributed by atoms with Crippen LogP contribution in [0, 0.1) is 0 Å². The number of hydrogen-bond acceptors (Lipinski definition) is 5. The van der Waals surface area contributed by atoms with Crippen LogP contribution in [-0.2, 0) is 20.7 Å². The number of nitrogens with zero attached hydrogens (tertiary/aromatic N) is 2. The smallest absolute Gasteiger partial charge is 0.227 e. The van der Waals surface area contributed by atoms with E-state index in [9.17, 15) is 4.79 Å². The van der Waals surface area contributed by atoms with Crippen LogP contribution in [0.4, 0.5) is 0 Å². The summed E-state index contributed by atoms with van der Waals surface area (Å²) in [7, 11) is 6.79. The first kappa shape index (κ1) is 25.4. The zero-order valence-electron chi connectivity index (χ0n) is 19.1. The van der Waals surface area contributed by atoms with Crippen molar-refractivity contribution in [2.24, 2.45) is 0 Å². The normalized spacial score (nSPS) is 20.3. The van der Waals surface area contributed by atoms with Gasteiger partial charge in [0.2, 0.25) is 5.91 Å². The molecule has 0 N–H and O–H groups in total.